The summed E-state index contributed by atoms with van der Waals surface area (Å²) in [6, 6.07) is 2.98. The number of hydrogen-bond donors (Lipinski definition) is 1. The number of nitrogens with one attached hydrogen (secondary N) is 1. The van der Waals surface area contributed by atoms with Gasteiger partial charge in [-0.25, -0.2) is 0 Å². The summed E-state index contributed by atoms with van der Waals surface area (Å²) in [6.45, 7) is 7.16. The van der Waals surface area contributed by atoms with Gasteiger partial charge < -0.3 is 10.2 Å². The van der Waals surface area contributed by atoms with E-state index in [-0.39, 0.29) is 0 Å². The topological polar surface area (TPSA) is 15.3 Å². The van der Waals surface area contributed by atoms with Gasteiger partial charge in [0.15, 0.2) is 0 Å². The minimum absolute atomic E-state index is 0.728. The van der Waals surface area contributed by atoms with Crippen LogP contribution in [0.2, 0.25) is 0 Å². The number of piperidine rings is 1. The number of nitrogens with zero attached hydrogens (tertiary/aromatic N) is 1. The molecular formula is C14H24N2S. The van der Waals surface area contributed by atoms with Crippen molar-refractivity contribution in [2.45, 2.75) is 38.6 Å². The van der Waals surface area contributed by atoms with Crippen LogP contribution in [0, 0.1) is 0 Å². The van der Waals surface area contributed by atoms with E-state index in [0.29, 0.717) is 0 Å². The summed E-state index contributed by atoms with van der Waals surface area (Å²) in [7, 11) is 0. The minimum atomic E-state index is 0.728. The molecule has 1 fully saturated rings. The Kier molecular flexibility index (Phi) is 5.49. The normalized spacial score (nSPS) is 21.8. The number of likely N-dealkylation sites (tertiary alicyclic amines) is 1. The van der Waals surface area contributed by atoms with Gasteiger partial charge in [0.1, 0.15) is 0 Å². The van der Waals surface area contributed by atoms with E-state index in [4.69, 9.17) is 0 Å². The highest BCUT2D eigenvalue weighted by atomic mass is 32.1. The first-order chi connectivity index (χ1) is 8.38. The molecule has 2 heterocycles. The van der Waals surface area contributed by atoms with E-state index in [9.17, 15) is 0 Å². The monoisotopic (exact) mass is 252 g/mol. The van der Waals surface area contributed by atoms with Crippen LogP contribution in [0.1, 0.15) is 31.7 Å². The zero-order chi connectivity index (χ0) is 11.9. The Labute approximate surface area is 109 Å². The first kappa shape index (κ1) is 13.1. The molecule has 1 aliphatic rings. The van der Waals surface area contributed by atoms with E-state index in [1.165, 1.54) is 57.4 Å². The second kappa shape index (κ2) is 7.14. The van der Waals surface area contributed by atoms with Crippen LogP contribution in [-0.2, 0) is 6.42 Å². The molecule has 17 heavy (non-hydrogen) atoms. The SMILES string of the molecule is CCCNC1CCCN(CCc2ccsc2)C1. The molecule has 0 aliphatic carbocycles. The third-order valence-corrected chi connectivity index (χ3v) is 4.22. The molecule has 1 atom stereocenters. The maximum atomic E-state index is 3.65. The van der Waals surface area contributed by atoms with Gasteiger partial charge in [-0.3, -0.25) is 0 Å². The van der Waals surface area contributed by atoms with Gasteiger partial charge in [0.05, 0.1) is 0 Å². The van der Waals surface area contributed by atoms with E-state index >= 15 is 0 Å². The van der Waals surface area contributed by atoms with E-state index in [1.54, 1.807) is 11.3 Å². The van der Waals surface area contributed by atoms with Crippen molar-refractivity contribution >= 4 is 11.3 Å². The average Bonchev–Trinajstić information content (AvgIpc) is 2.87. The standard InChI is InChI=1S/C14H24N2S/c1-2-7-15-14-4-3-8-16(11-14)9-5-13-6-10-17-12-13/h6,10,12,14-15H,2-5,7-9,11H2,1H3. The van der Waals surface area contributed by atoms with Crippen molar-refractivity contribution < 1.29 is 0 Å². The van der Waals surface area contributed by atoms with Gasteiger partial charge in [-0.2, -0.15) is 11.3 Å². The summed E-state index contributed by atoms with van der Waals surface area (Å²) in [5.74, 6) is 0. The fraction of sp³-hybridized carbons (Fsp3) is 0.714. The first-order valence-electron chi connectivity index (χ1n) is 6.85. The Balaban J connectivity index is 1.69. The van der Waals surface area contributed by atoms with E-state index in [2.05, 4.69) is 34.0 Å². The highest BCUT2D eigenvalue weighted by molar-refractivity contribution is 7.07. The smallest absolute Gasteiger partial charge is 0.0195 e. The molecule has 1 saturated heterocycles. The molecule has 96 valence electrons. The lowest BCUT2D eigenvalue weighted by Gasteiger charge is -2.33. The third kappa shape index (κ3) is 4.41. The van der Waals surface area contributed by atoms with Gasteiger partial charge in [-0.05, 0) is 61.2 Å². The minimum Gasteiger partial charge on any atom is -0.313 e. The summed E-state index contributed by atoms with van der Waals surface area (Å²) in [6.07, 6.45) is 5.16. The van der Waals surface area contributed by atoms with Crippen LogP contribution in [0.25, 0.3) is 0 Å². The van der Waals surface area contributed by atoms with Crippen LogP contribution in [-0.4, -0.2) is 37.1 Å². The van der Waals surface area contributed by atoms with Gasteiger partial charge in [0, 0.05) is 19.1 Å². The van der Waals surface area contributed by atoms with Crippen LogP contribution in [0.4, 0.5) is 0 Å². The number of rotatable bonds is 6. The molecule has 0 spiro atoms. The van der Waals surface area contributed by atoms with Gasteiger partial charge in [-0.15, -0.1) is 0 Å². The highest BCUT2D eigenvalue weighted by Gasteiger charge is 2.18. The molecule has 1 unspecified atom stereocenters. The Bertz CT molecular complexity index is 297. The van der Waals surface area contributed by atoms with Gasteiger partial charge in [0.2, 0.25) is 0 Å². The fourth-order valence-electron chi connectivity index (χ4n) is 2.50. The Morgan fingerprint density at radius 1 is 1.53 bits per heavy atom. The molecule has 0 amide bonds. The van der Waals surface area contributed by atoms with Crippen molar-refractivity contribution in [3.8, 4) is 0 Å². The van der Waals surface area contributed by atoms with Crippen LogP contribution >= 0.6 is 11.3 Å². The van der Waals surface area contributed by atoms with E-state index < -0.39 is 0 Å². The molecule has 1 aromatic heterocycles. The lowest BCUT2D eigenvalue weighted by molar-refractivity contribution is 0.193. The van der Waals surface area contributed by atoms with Crippen molar-refractivity contribution in [1.29, 1.82) is 0 Å². The van der Waals surface area contributed by atoms with Crippen molar-refractivity contribution in [2.75, 3.05) is 26.2 Å². The molecule has 1 aromatic rings. The second-order valence-corrected chi connectivity index (χ2v) is 5.76. The summed E-state index contributed by atoms with van der Waals surface area (Å²) in [5.41, 5.74) is 1.50. The predicted octanol–water partition coefficient (Wildman–Crippen LogP) is 2.75. The van der Waals surface area contributed by atoms with Gasteiger partial charge >= 0.3 is 0 Å². The van der Waals surface area contributed by atoms with Crippen LogP contribution in [0.3, 0.4) is 0 Å². The molecule has 0 radical (unpaired) electrons. The first-order valence-corrected chi connectivity index (χ1v) is 7.79. The van der Waals surface area contributed by atoms with Gasteiger partial charge in [0.25, 0.3) is 0 Å². The molecule has 0 bridgehead atoms. The molecule has 0 aromatic carbocycles. The summed E-state index contributed by atoms with van der Waals surface area (Å²) in [5, 5.41) is 8.11. The molecule has 1 aliphatic heterocycles. The van der Waals surface area contributed by atoms with Crippen molar-refractivity contribution in [3.05, 3.63) is 22.4 Å². The summed E-state index contributed by atoms with van der Waals surface area (Å²) < 4.78 is 0. The van der Waals surface area contributed by atoms with Crippen LogP contribution < -0.4 is 5.32 Å². The van der Waals surface area contributed by atoms with Crippen LogP contribution in [0.5, 0.6) is 0 Å². The zero-order valence-corrected chi connectivity index (χ0v) is 11.6. The maximum Gasteiger partial charge on any atom is 0.0195 e. The molecular weight excluding hydrogens is 228 g/mol. The fourth-order valence-corrected chi connectivity index (χ4v) is 3.20. The average molecular weight is 252 g/mol. The molecule has 1 N–H and O–H groups in total. The van der Waals surface area contributed by atoms with E-state index in [1.807, 2.05) is 0 Å². The summed E-state index contributed by atoms with van der Waals surface area (Å²) >= 11 is 1.81. The number of thiophene rings is 1. The molecule has 3 heteroatoms. The Hall–Kier alpha value is -0.380. The summed E-state index contributed by atoms with van der Waals surface area (Å²) in [4.78, 5) is 2.62. The largest absolute Gasteiger partial charge is 0.313 e. The van der Waals surface area contributed by atoms with E-state index in [0.717, 1.165) is 6.04 Å². The second-order valence-electron chi connectivity index (χ2n) is 4.98. The van der Waals surface area contributed by atoms with Crippen molar-refractivity contribution in [1.82, 2.24) is 10.2 Å². The van der Waals surface area contributed by atoms with Crippen LogP contribution in [0.15, 0.2) is 16.8 Å². The maximum absolute atomic E-state index is 3.65. The highest BCUT2D eigenvalue weighted by Crippen LogP contribution is 2.12. The van der Waals surface area contributed by atoms with Crippen molar-refractivity contribution in [3.63, 3.8) is 0 Å². The molecule has 2 nitrogen and oxygen atoms in total. The predicted molar refractivity (Wildman–Crippen MR) is 75.8 cm³/mol. The Morgan fingerprint density at radius 2 is 2.47 bits per heavy atom. The molecule has 2 rings (SSSR count). The van der Waals surface area contributed by atoms with Crippen molar-refractivity contribution in [2.24, 2.45) is 0 Å². The quantitative estimate of drug-likeness (QED) is 0.837. The molecule has 0 saturated carbocycles. The lowest BCUT2D eigenvalue weighted by Crippen LogP contribution is -2.46. The third-order valence-electron chi connectivity index (χ3n) is 3.49. The number of hydrogen-bond acceptors (Lipinski definition) is 3. The van der Waals surface area contributed by atoms with Gasteiger partial charge in [-0.1, -0.05) is 6.92 Å². The lowest BCUT2D eigenvalue weighted by atomic mass is 10.0. The Morgan fingerprint density at radius 3 is 3.24 bits per heavy atom. The zero-order valence-electron chi connectivity index (χ0n) is 10.8.